The van der Waals surface area contributed by atoms with Crippen LogP contribution in [0.5, 0.6) is 0 Å². The zero-order chi connectivity index (χ0) is 22.6. The van der Waals surface area contributed by atoms with Gasteiger partial charge in [-0.2, -0.15) is 0 Å². The Bertz CT molecular complexity index is 1850. The van der Waals surface area contributed by atoms with E-state index in [2.05, 4.69) is 102 Å². The van der Waals surface area contributed by atoms with Gasteiger partial charge in [-0.25, -0.2) is 0 Å². The van der Waals surface area contributed by atoms with Crippen LogP contribution in [0, 0.1) is 0 Å². The molecule has 0 spiro atoms. The minimum Gasteiger partial charge on any atom is -0.456 e. The van der Waals surface area contributed by atoms with Crippen LogP contribution in [0.25, 0.3) is 60.6 Å². The van der Waals surface area contributed by atoms with Gasteiger partial charge in [0.05, 0.1) is 11.0 Å². The van der Waals surface area contributed by atoms with E-state index in [9.17, 15) is 0 Å². The molecule has 0 amide bonds. The topological polar surface area (TPSA) is 44.1 Å². The Labute approximate surface area is 196 Å². The molecule has 3 heteroatoms. The van der Waals surface area contributed by atoms with Gasteiger partial charge in [0, 0.05) is 33.8 Å². The molecule has 0 bridgehead atoms. The number of fused-ring (bicyclic) bond motifs is 6. The maximum Gasteiger partial charge on any atom is 0.135 e. The van der Waals surface area contributed by atoms with Crippen molar-refractivity contribution in [3.8, 4) is 16.8 Å². The maximum absolute atomic E-state index is 6.04. The fourth-order valence-electron chi connectivity index (χ4n) is 5.16. The van der Waals surface area contributed by atoms with E-state index in [0.717, 1.165) is 33.2 Å². The molecule has 0 aliphatic carbocycles. The fraction of sp³-hybridized carbons (Fsp3) is 0.0323. The molecule has 0 unspecified atom stereocenters. The van der Waals surface area contributed by atoms with E-state index in [4.69, 9.17) is 10.2 Å². The molecule has 0 aliphatic rings. The third-order valence-electron chi connectivity index (χ3n) is 6.79. The SMILES string of the molecule is NCc1cccc(-n2c3ccccc3c3ccc(-c4ccc5oc6ccccc6c5c4)cc32)c1. The second kappa shape index (κ2) is 7.34. The predicted octanol–water partition coefficient (Wildman–Crippen LogP) is 7.81. The number of aromatic nitrogens is 1. The number of nitrogens with zero attached hydrogens (tertiary/aromatic N) is 1. The molecule has 0 aliphatic heterocycles. The predicted molar refractivity (Wildman–Crippen MR) is 141 cm³/mol. The average molecular weight is 439 g/mol. The van der Waals surface area contributed by atoms with Crippen molar-refractivity contribution in [3.63, 3.8) is 0 Å². The summed E-state index contributed by atoms with van der Waals surface area (Å²) >= 11 is 0. The minimum atomic E-state index is 0.523. The van der Waals surface area contributed by atoms with E-state index < -0.39 is 0 Å². The van der Waals surface area contributed by atoms with E-state index in [1.54, 1.807) is 0 Å². The van der Waals surface area contributed by atoms with Crippen molar-refractivity contribution in [2.24, 2.45) is 5.73 Å². The highest BCUT2D eigenvalue weighted by Crippen LogP contribution is 2.37. The van der Waals surface area contributed by atoms with Crippen LogP contribution in [0.2, 0.25) is 0 Å². The van der Waals surface area contributed by atoms with E-state index >= 15 is 0 Å². The lowest BCUT2D eigenvalue weighted by Gasteiger charge is -2.10. The Morgan fingerprint density at radius 2 is 1.29 bits per heavy atom. The van der Waals surface area contributed by atoms with E-state index in [1.807, 2.05) is 12.1 Å². The number of rotatable bonds is 3. The summed E-state index contributed by atoms with van der Waals surface area (Å²) < 4.78 is 8.38. The first-order chi connectivity index (χ1) is 16.8. The Kier molecular flexibility index (Phi) is 4.14. The molecular weight excluding hydrogens is 416 g/mol. The van der Waals surface area contributed by atoms with Gasteiger partial charge in [-0.05, 0) is 59.2 Å². The van der Waals surface area contributed by atoms with Crippen LogP contribution in [0.1, 0.15) is 5.56 Å². The Hall–Kier alpha value is -4.34. The van der Waals surface area contributed by atoms with Gasteiger partial charge in [-0.1, -0.05) is 66.7 Å². The molecule has 7 rings (SSSR count). The molecule has 0 fully saturated rings. The largest absolute Gasteiger partial charge is 0.456 e. The summed E-state index contributed by atoms with van der Waals surface area (Å²) in [5.74, 6) is 0. The van der Waals surface area contributed by atoms with Gasteiger partial charge in [-0.15, -0.1) is 0 Å². The Morgan fingerprint density at radius 3 is 2.21 bits per heavy atom. The van der Waals surface area contributed by atoms with Crippen LogP contribution in [-0.4, -0.2) is 4.57 Å². The van der Waals surface area contributed by atoms with Gasteiger partial charge in [-0.3, -0.25) is 0 Å². The van der Waals surface area contributed by atoms with Gasteiger partial charge in [0.15, 0.2) is 0 Å². The van der Waals surface area contributed by atoms with Gasteiger partial charge in [0.2, 0.25) is 0 Å². The van der Waals surface area contributed by atoms with Gasteiger partial charge < -0.3 is 14.7 Å². The van der Waals surface area contributed by atoms with Crippen LogP contribution in [0.3, 0.4) is 0 Å². The first kappa shape index (κ1) is 19.2. The molecule has 0 radical (unpaired) electrons. The monoisotopic (exact) mass is 438 g/mol. The van der Waals surface area contributed by atoms with Gasteiger partial charge >= 0.3 is 0 Å². The highest BCUT2D eigenvalue weighted by molar-refractivity contribution is 6.11. The molecule has 0 saturated carbocycles. The van der Waals surface area contributed by atoms with Crippen molar-refractivity contribution in [2.75, 3.05) is 0 Å². The summed E-state index contributed by atoms with van der Waals surface area (Å²) in [5, 5.41) is 4.78. The summed E-state index contributed by atoms with van der Waals surface area (Å²) in [4.78, 5) is 0. The van der Waals surface area contributed by atoms with Crippen molar-refractivity contribution in [1.29, 1.82) is 0 Å². The van der Waals surface area contributed by atoms with Crippen LogP contribution in [0.15, 0.2) is 114 Å². The number of benzene rings is 5. The highest BCUT2D eigenvalue weighted by atomic mass is 16.3. The molecule has 2 N–H and O–H groups in total. The van der Waals surface area contributed by atoms with E-state index in [1.165, 1.54) is 32.9 Å². The smallest absolute Gasteiger partial charge is 0.135 e. The maximum atomic E-state index is 6.04. The molecule has 162 valence electrons. The highest BCUT2D eigenvalue weighted by Gasteiger charge is 2.14. The summed E-state index contributed by atoms with van der Waals surface area (Å²) in [5.41, 5.74) is 14.8. The quantitative estimate of drug-likeness (QED) is 0.306. The summed E-state index contributed by atoms with van der Waals surface area (Å²) in [6.07, 6.45) is 0. The fourth-order valence-corrected chi connectivity index (χ4v) is 5.16. The zero-order valence-corrected chi connectivity index (χ0v) is 18.5. The molecule has 5 aromatic carbocycles. The van der Waals surface area contributed by atoms with Gasteiger partial charge in [0.1, 0.15) is 11.2 Å². The van der Waals surface area contributed by atoms with Crippen LogP contribution < -0.4 is 5.73 Å². The number of hydrogen-bond acceptors (Lipinski definition) is 2. The molecule has 3 nitrogen and oxygen atoms in total. The van der Waals surface area contributed by atoms with E-state index in [-0.39, 0.29) is 0 Å². The van der Waals surface area contributed by atoms with E-state index in [0.29, 0.717) is 6.54 Å². The Balaban J connectivity index is 1.49. The third kappa shape index (κ3) is 2.81. The van der Waals surface area contributed by atoms with Crippen molar-refractivity contribution in [1.82, 2.24) is 4.57 Å². The Morgan fingerprint density at radius 1 is 0.559 bits per heavy atom. The molecular formula is C31H22N2O. The van der Waals surface area contributed by atoms with Crippen molar-refractivity contribution in [3.05, 3.63) is 115 Å². The summed E-state index contributed by atoms with van der Waals surface area (Å²) in [6, 6.07) is 38.5. The zero-order valence-electron chi connectivity index (χ0n) is 18.5. The number of furan rings is 1. The minimum absolute atomic E-state index is 0.523. The summed E-state index contributed by atoms with van der Waals surface area (Å²) in [6.45, 7) is 0.523. The lowest BCUT2D eigenvalue weighted by atomic mass is 10.0. The van der Waals surface area contributed by atoms with Gasteiger partial charge in [0.25, 0.3) is 0 Å². The first-order valence-corrected chi connectivity index (χ1v) is 11.5. The number of para-hydroxylation sites is 2. The lowest BCUT2D eigenvalue weighted by Crippen LogP contribution is -1.99. The second-order valence-corrected chi connectivity index (χ2v) is 8.77. The summed E-state index contributed by atoms with van der Waals surface area (Å²) in [7, 11) is 0. The second-order valence-electron chi connectivity index (χ2n) is 8.77. The van der Waals surface area contributed by atoms with Crippen LogP contribution >= 0.6 is 0 Å². The normalized spacial score (nSPS) is 11.8. The molecule has 34 heavy (non-hydrogen) atoms. The standard InChI is InChI=1S/C31H22N2O/c32-19-20-6-5-7-23(16-20)33-28-10-3-1-8-24(28)25-14-12-22(18-29(25)33)21-13-15-31-27(17-21)26-9-2-4-11-30(26)34-31/h1-18H,19,32H2. The first-order valence-electron chi connectivity index (χ1n) is 11.5. The lowest BCUT2D eigenvalue weighted by molar-refractivity contribution is 0.669. The number of nitrogens with two attached hydrogens (primary N) is 1. The van der Waals surface area contributed by atoms with Crippen molar-refractivity contribution in [2.45, 2.75) is 6.54 Å². The molecule has 2 heterocycles. The van der Waals surface area contributed by atoms with Crippen LogP contribution in [0.4, 0.5) is 0 Å². The average Bonchev–Trinajstić information content (AvgIpc) is 3.43. The third-order valence-corrected chi connectivity index (χ3v) is 6.79. The molecule has 2 aromatic heterocycles. The van der Waals surface area contributed by atoms with Crippen molar-refractivity contribution < 1.29 is 4.42 Å². The van der Waals surface area contributed by atoms with Crippen molar-refractivity contribution >= 4 is 43.7 Å². The molecule has 0 saturated heterocycles. The molecule has 7 aromatic rings. The molecule has 0 atom stereocenters. The number of hydrogen-bond donors (Lipinski definition) is 1. The van der Waals surface area contributed by atoms with Crippen LogP contribution in [-0.2, 0) is 6.54 Å².